The van der Waals surface area contributed by atoms with Crippen LogP contribution in [0.15, 0.2) is 18.2 Å². The van der Waals surface area contributed by atoms with Gasteiger partial charge in [0, 0.05) is 17.6 Å². The fourth-order valence-electron chi connectivity index (χ4n) is 2.57. The van der Waals surface area contributed by atoms with Gasteiger partial charge >= 0.3 is 0 Å². The van der Waals surface area contributed by atoms with Gasteiger partial charge in [0.25, 0.3) is 0 Å². The van der Waals surface area contributed by atoms with Crippen molar-refractivity contribution in [3.63, 3.8) is 0 Å². The Morgan fingerprint density at radius 2 is 2.12 bits per heavy atom. The predicted molar refractivity (Wildman–Crippen MR) is 69.7 cm³/mol. The predicted octanol–water partition coefficient (Wildman–Crippen LogP) is 4.15. The molecule has 0 aliphatic heterocycles. The number of nitrogens with one attached hydrogen (secondary N) is 1. The van der Waals surface area contributed by atoms with E-state index in [0.717, 1.165) is 11.5 Å². The summed E-state index contributed by atoms with van der Waals surface area (Å²) in [6.45, 7) is 2.86. The van der Waals surface area contributed by atoms with Crippen LogP contribution in [0.4, 0.5) is 4.39 Å². The van der Waals surface area contributed by atoms with Gasteiger partial charge in [0.2, 0.25) is 0 Å². The summed E-state index contributed by atoms with van der Waals surface area (Å²) in [7, 11) is 0. The summed E-state index contributed by atoms with van der Waals surface area (Å²) in [4.78, 5) is 0. The van der Waals surface area contributed by atoms with Crippen molar-refractivity contribution in [1.29, 1.82) is 0 Å². The molecule has 1 N–H and O–H groups in total. The van der Waals surface area contributed by atoms with Crippen LogP contribution in [0, 0.1) is 11.7 Å². The molecule has 1 saturated carbocycles. The molecular weight excluding hydrogens is 237 g/mol. The van der Waals surface area contributed by atoms with Crippen LogP contribution in [-0.2, 0) is 6.54 Å². The first-order chi connectivity index (χ1) is 8.16. The van der Waals surface area contributed by atoms with Crippen LogP contribution in [0.1, 0.15) is 38.2 Å². The molecule has 1 atom stereocenters. The quantitative estimate of drug-likeness (QED) is 0.852. The summed E-state index contributed by atoms with van der Waals surface area (Å²) >= 11 is 6.03. The molecule has 0 heterocycles. The van der Waals surface area contributed by atoms with E-state index in [-0.39, 0.29) is 5.82 Å². The summed E-state index contributed by atoms with van der Waals surface area (Å²) in [5.74, 6) is 0.544. The Kier molecular flexibility index (Phi) is 4.41. The molecule has 2 rings (SSSR count). The third-order valence-electron chi connectivity index (χ3n) is 3.73. The molecule has 1 aliphatic carbocycles. The molecule has 0 amide bonds. The summed E-state index contributed by atoms with van der Waals surface area (Å²) in [5, 5.41) is 4.09. The highest BCUT2D eigenvalue weighted by atomic mass is 35.5. The molecule has 1 aliphatic rings. The first-order valence-corrected chi connectivity index (χ1v) is 6.72. The monoisotopic (exact) mass is 255 g/mol. The van der Waals surface area contributed by atoms with Crippen LogP contribution in [0.25, 0.3) is 0 Å². The lowest BCUT2D eigenvalue weighted by atomic mass is 9.99. The van der Waals surface area contributed by atoms with Crippen molar-refractivity contribution < 1.29 is 4.39 Å². The Morgan fingerprint density at radius 1 is 1.41 bits per heavy atom. The Labute approximate surface area is 107 Å². The molecule has 0 bridgehead atoms. The Balaban J connectivity index is 1.90. The van der Waals surface area contributed by atoms with Gasteiger partial charge in [-0.05, 0) is 49.4 Å². The van der Waals surface area contributed by atoms with Crippen molar-refractivity contribution in [3.05, 3.63) is 34.6 Å². The van der Waals surface area contributed by atoms with Gasteiger partial charge in [-0.15, -0.1) is 0 Å². The van der Waals surface area contributed by atoms with Gasteiger partial charge in [-0.25, -0.2) is 4.39 Å². The minimum absolute atomic E-state index is 0.222. The molecule has 3 heteroatoms. The van der Waals surface area contributed by atoms with E-state index in [1.54, 1.807) is 6.07 Å². The van der Waals surface area contributed by atoms with Crippen molar-refractivity contribution in [3.8, 4) is 0 Å². The maximum absolute atomic E-state index is 13.1. The second-order valence-electron chi connectivity index (χ2n) is 4.95. The Morgan fingerprint density at radius 3 is 2.82 bits per heavy atom. The number of benzene rings is 1. The third kappa shape index (κ3) is 3.43. The van der Waals surface area contributed by atoms with Crippen molar-refractivity contribution in [1.82, 2.24) is 5.32 Å². The maximum atomic E-state index is 13.1. The molecule has 1 unspecified atom stereocenters. The van der Waals surface area contributed by atoms with Crippen LogP contribution < -0.4 is 5.32 Å². The number of rotatable bonds is 4. The molecule has 0 spiro atoms. The molecule has 0 saturated heterocycles. The van der Waals surface area contributed by atoms with Gasteiger partial charge in [0.15, 0.2) is 0 Å². The SMILES string of the molecule is CC(NCc1cc(F)ccc1Cl)C1CCCC1. The van der Waals surface area contributed by atoms with Gasteiger partial charge in [-0.2, -0.15) is 0 Å². The normalized spacial score (nSPS) is 18.5. The lowest BCUT2D eigenvalue weighted by Gasteiger charge is -2.20. The molecule has 94 valence electrons. The first kappa shape index (κ1) is 12.8. The highest BCUT2D eigenvalue weighted by molar-refractivity contribution is 6.31. The highest BCUT2D eigenvalue weighted by Gasteiger charge is 2.21. The zero-order valence-corrected chi connectivity index (χ0v) is 10.9. The lowest BCUT2D eigenvalue weighted by molar-refractivity contribution is 0.380. The van der Waals surface area contributed by atoms with E-state index in [9.17, 15) is 4.39 Å². The van der Waals surface area contributed by atoms with Crippen molar-refractivity contribution in [2.75, 3.05) is 0 Å². The smallest absolute Gasteiger partial charge is 0.123 e. The average molecular weight is 256 g/mol. The molecule has 17 heavy (non-hydrogen) atoms. The summed E-state index contributed by atoms with van der Waals surface area (Å²) in [5.41, 5.74) is 0.844. The Hall–Kier alpha value is -0.600. The number of halogens is 2. The lowest BCUT2D eigenvalue weighted by Crippen LogP contribution is -2.31. The largest absolute Gasteiger partial charge is 0.310 e. The molecule has 1 aromatic carbocycles. The van der Waals surface area contributed by atoms with Crippen molar-refractivity contribution >= 4 is 11.6 Å². The average Bonchev–Trinajstić information content (AvgIpc) is 2.83. The van der Waals surface area contributed by atoms with Gasteiger partial charge in [-0.3, -0.25) is 0 Å². The second kappa shape index (κ2) is 5.83. The van der Waals surface area contributed by atoms with Crippen LogP contribution in [-0.4, -0.2) is 6.04 Å². The molecule has 1 fully saturated rings. The van der Waals surface area contributed by atoms with Crippen LogP contribution >= 0.6 is 11.6 Å². The van der Waals surface area contributed by atoms with Gasteiger partial charge < -0.3 is 5.32 Å². The van der Waals surface area contributed by atoms with Crippen LogP contribution in [0.5, 0.6) is 0 Å². The molecule has 0 radical (unpaired) electrons. The van der Waals surface area contributed by atoms with Gasteiger partial charge in [0.1, 0.15) is 5.82 Å². The highest BCUT2D eigenvalue weighted by Crippen LogP contribution is 2.28. The fourth-order valence-corrected chi connectivity index (χ4v) is 2.76. The minimum atomic E-state index is -0.222. The van der Waals surface area contributed by atoms with Crippen molar-refractivity contribution in [2.45, 2.75) is 45.2 Å². The van der Waals surface area contributed by atoms with E-state index in [4.69, 9.17) is 11.6 Å². The summed E-state index contributed by atoms with van der Waals surface area (Å²) in [6.07, 6.45) is 5.31. The molecule has 0 aromatic heterocycles. The summed E-state index contributed by atoms with van der Waals surface area (Å²) < 4.78 is 13.1. The van der Waals surface area contributed by atoms with E-state index >= 15 is 0 Å². The second-order valence-corrected chi connectivity index (χ2v) is 5.36. The van der Waals surface area contributed by atoms with Gasteiger partial charge in [-0.1, -0.05) is 24.4 Å². The fraction of sp³-hybridized carbons (Fsp3) is 0.571. The molecule has 1 aromatic rings. The standard InChI is InChI=1S/C14H19ClFN/c1-10(11-4-2-3-5-11)17-9-12-8-13(16)6-7-14(12)15/h6-8,10-11,17H,2-5,9H2,1H3. The van der Waals surface area contributed by atoms with Crippen LogP contribution in [0.3, 0.4) is 0 Å². The van der Waals surface area contributed by atoms with E-state index in [1.165, 1.54) is 37.8 Å². The number of hydrogen-bond acceptors (Lipinski definition) is 1. The zero-order valence-electron chi connectivity index (χ0n) is 10.2. The van der Waals surface area contributed by atoms with Crippen molar-refractivity contribution in [2.24, 2.45) is 5.92 Å². The first-order valence-electron chi connectivity index (χ1n) is 6.34. The maximum Gasteiger partial charge on any atom is 0.123 e. The zero-order chi connectivity index (χ0) is 12.3. The van der Waals surface area contributed by atoms with E-state index < -0.39 is 0 Å². The molecular formula is C14H19ClFN. The van der Waals surface area contributed by atoms with Gasteiger partial charge in [0.05, 0.1) is 0 Å². The van der Waals surface area contributed by atoms with E-state index in [2.05, 4.69) is 12.2 Å². The number of hydrogen-bond donors (Lipinski definition) is 1. The van der Waals surface area contributed by atoms with E-state index in [0.29, 0.717) is 17.6 Å². The minimum Gasteiger partial charge on any atom is -0.310 e. The topological polar surface area (TPSA) is 12.0 Å². The van der Waals surface area contributed by atoms with Crippen LogP contribution in [0.2, 0.25) is 5.02 Å². The van der Waals surface area contributed by atoms with E-state index in [1.807, 2.05) is 0 Å². The molecule has 1 nitrogen and oxygen atoms in total. The summed E-state index contributed by atoms with van der Waals surface area (Å²) in [6, 6.07) is 5.01. The Bertz CT molecular complexity index is 374. The third-order valence-corrected chi connectivity index (χ3v) is 4.10.